The number of fused-ring (bicyclic) bond motifs is 1. The Morgan fingerprint density at radius 3 is 2.69 bits per heavy atom. The SMILES string of the molecule is COC(=O)c1ccccc1OC(=O)C=CC=Cc1ccc2c(c1)OCO2. The molecule has 0 bridgehead atoms. The summed E-state index contributed by atoms with van der Waals surface area (Å²) >= 11 is 0. The van der Waals surface area contributed by atoms with Crippen molar-refractivity contribution in [1.29, 1.82) is 0 Å². The molecule has 0 N–H and O–H groups in total. The third kappa shape index (κ3) is 4.10. The van der Waals surface area contributed by atoms with Gasteiger partial charge < -0.3 is 18.9 Å². The van der Waals surface area contributed by atoms with Crippen molar-refractivity contribution in [1.82, 2.24) is 0 Å². The zero-order valence-corrected chi connectivity index (χ0v) is 14.0. The number of hydrogen-bond donors (Lipinski definition) is 0. The summed E-state index contributed by atoms with van der Waals surface area (Å²) in [7, 11) is 1.27. The van der Waals surface area contributed by atoms with Crippen molar-refractivity contribution in [2.75, 3.05) is 13.9 Å². The second-order valence-electron chi connectivity index (χ2n) is 5.24. The minimum absolute atomic E-state index is 0.147. The summed E-state index contributed by atoms with van der Waals surface area (Å²) in [5.74, 6) is 0.381. The molecule has 6 nitrogen and oxygen atoms in total. The molecule has 0 radical (unpaired) electrons. The summed E-state index contributed by atoms with van der Waals surface area (Å²) < 4.78 is 20.4. The maximum atomic E-state index is 11.9. The van der Waals surface area contributed by atoms with Crippen LogP contribution in [0.1, 0.15) is 15.9 Å². The van der Waals surface area contributed by atoms with Crippen LogP contribution in [0.15, 0.2) is 60.7 Å². The summed E-state index contributed by atoms with van der Waals surface area (Å²) in [5.41, 5.74) is 1.09. The van der Waals surface area contributed by atoms with Crippen LogP contribution in [-0.4, -0.2) is 25.8 Å². The smallest absolute Gasteiger partial charge is 0.341 e. The quantitative estimate of drug-likeness (QED) is 0.356. The first-order chi connectivity index (χ1) is 12.7. The van der Waals surface area contributed by atoms with Crippen LogP contribution in [0.25, 0.3) is 6.08 Å². The van der Waals surface area contributed by atoms with E-state index in [0.29, 0.717) is 11.5 Å². The number of rotatable bonds is 5. The Morgan fingerprint density at radius 1 is 1.04 bits per heavy atom. The van der Waals surface area contributed by atoms with Crippen LogP contribution in [0.4, 0.5) is 0 Å². The largest absolute Gasteiger partial charge is 0.465 e. The van der Waals surface area contributed by atoms with E-state index in [1.54, 1.807) is 24.3 Å². The average Bonchev–Trinajstić information content (AvgIpc) is 3.13. The highest BCUT2D eigenvalue weighted by Gasteiger charge is 2.14. The van der Waals surface area contributed by atoms with Crippen molar-refractivity contribution >= 4 is 18.0 Å². The van der Waals surface area contributed by atoms with Gasteiger partial charge in [0.25, 0.3) is 0 Å². The number of ether oxygens (including phenoxy) is 4. The Bertz CT molecular complexity index is 882. The highest BCUT2D eigenvalue weighted by atomic mass is 16.7. The van der Waals surface area contributed by atoms with Crippen molar-refractivity contribution in [3.63, 3.8) is 0 Å². The first kappa shape index (κ1) is 17.3. The number of carbonyl (C=O) groups excluding carboxylic acids is 2. The minimum atomic E-state index is -0.600. The lowest BCUT2D eigenvalue weighted by Gasteiger charge is -2.06. The summed E-state index contributed by atoms with van der Waals surface area (Å²) in [6, 6.07) is 11.9. The molecule has 0 saturated carbocycles. The zero-order chi connectivity index (χ0) is 18.4. The summed E-state index contributed by atoms with van der Waals surface area (Å²) in [5, 5.41) is 0. The summed E-state index contributed by atoms with van der Waals surface area (Å²) in [6.45, 7) is 0.224. The number of methoxy groups -OCH3 is 1. The molecular weight excluding hydrogens is 336 g/mol. The Balaban J connectivity index is 1.61. The summed E-state index contributed by atoms with van der Waals surface area (Å²) in [6.07, 6.45) is 6.32. The molecular formula is C20H16O6. The first-order valence-corrected chi connectivity index (χ1v) is 7.81. The first-order valence-electron chi connectivity index (χ1n) is 7.81. The van der Waals surface area contributed by atoms with Gasteiger partial charge in [-0.05, 0) is 29.8 Å². The van der Waals surface area contributed by atoms with Gasteiger partial charge >= 0.3 is 11.9 Å². The molecule has 1 aliphatic rings. The molecule has 0 atom stereocenters. The van der Waals surface area contributed by atoms with Gasteiger partial charge in [-0.2, -0.15) is 0 Å². The van der Waals surface area contributed by atoms with Gasteiger partial charge in [0.05, 0.1) is 7.11 Å². The Morgan fingerprint density at radius 2 is 1.85 bits per heavy atom. The highest BCUT2D eigenvalue weighted by Crippen LogP contribution is 2.32. The predicted molar refractivity (Wildman–Crippen MR) is 94.2 cm³/mol. The molecule has 0 aliphatic carbocycles. The topological polar surface area (TPSA) is 71.1 Å². The molecule has 1 heterocycles. The van der Waals surface area contributed by atoms with Gasteiger partial charge in [-0.25, -0.2) is 9.59 Å². The number of hydrogen-bond acceptors (Lipinski definition) is 6. The van der Waals surface area contributed by atoms with Crippen LogP contribution in [0, 0.1) is 0 Å². The van der Waals surface area contributed by atoms with E-state index < -0.39 is 11.9 Å². The van der Waals surface area contributed by atoms with E-state index in [9.17, 15) is 9.59 Å². The van der Waals surface area contributed by atoms with E-state index in [2.05, 4.69) is 4.74 Å². The predicted octanol–water partition coefficient (Wildman–Crippen LogP) is 3.38. The average molecular weight is 352 g/mol. The van der Waals surface area contributed by atoms with Gasteiger partial charge in [-0.1, -0.05) is 36.4 Å². The van der Waals surface area contributed by atoms with E-state index in [4.69, 9.17) is 14.2 Å². The van der Waals surface area contributed by atoms with Crippen LogP contribution in [0.5, 0.6) is 17.2 Å². The summed E-state index contributed by atoms with van der Waals surface area (Å²) in [4.78, 5) is 23.6. The van der Waals surface area contributed by atoms with E-state index in [1.165, 1.54) is 25.3 Å². The molecule has 0 fully saturated rings. The van der Waals surface area contributed by atoms with Crippen LogP contribution >= 0.6 is 0 Å². The van der Waals surface area contributed by atoms with Crippen molar-refractivity contribution in [2.24, 2.45) is 0 Å². The van der Waals surface area contributed by atoms with E-state index >= 15 is 0 Å². The highest BCUT2D eigenvalue weighted by molar-refractivity contribution is 5.94. The Hall–Kier alpha value is -3.54. The monoisotopic (exact) mass is 352 g/mol. The lowest BCUT2D eigenvalue weighted by molar-refractivity contribution is -0.129. The van der Waals surface area contributed by atoms with Crippen molar-refractivity contribution in [3.8, 4) is 17.2 Å². The van der Waals surface area contributed by atoms with Gasteiger partial charge in [-0.15, -0.1) is 0 Å². The fraction of sp³-hybridized carbons (Fsp3) is 0.100. The maximum absolute atomic E-state index is 11.9. The second kappa shape index (κ2) is 8.02. The fourth-order valence-corrected chi connectivity index (χ4v) is 2.29. The van der Waals surface area contributed by atoms with Gasteiger partial charge in [0.1, 0.15) is 11.3 Å². The molecule has 3 rings (SSSR count). The van der Waals surface area contributed by atoms with Crippen LogP contribution in [-0.2, 0) is 9.53 Å². The number of esters is 2. The molecule has 132 valence electrons. The number of para-hydroxylation sites is 1. The molecule has 1 aliphatic heterocycles. The molecule has 0 aromatic heterocycles. The lowest BCUT2D eigenvalue weighted by Crippen LogP contribution is -2.09. The van der Waals surface area contributed by atoms with Gasteiger partial charge in [0.15, 0.2) is 11.5 Å². The van der Waals surface area contributed by atoms with Crippen molar-refractivity contribution < 1.29 is 28.5 Å². The molecule has 0 amide bonds. The normalized spacial score (nSPS) is 12.5. The maximum Gasteiger partial charge on any atom is 0.341 e. The molecule has 2 aromatic carbocycles. The van der Waals surface area contributed by atoms with Crippen LogP contribution in [0.3, 0.4) is 0 Å². The van der Waals surface area contributed by atoms with Crippen LogP contribution < -0.4 is 14.2 Å². The molecule has 0 spiro atoms. The third-order valence-electron chi connectivity index (χ3n) is 3.53. The fourth-order valence-electron chi connectivity index (χ4n) is 2.29. The van der Waals surface area contributed by atoms with Gasteiger partial charge in [0.2, 0.25) is 6.79 Å². The van der Waals surface area contributed by atoms with E-state index in [-0.39, 0.29) is 18.1 Å². The number of benzene rings is 2. The minimum Gasteiger partial charge on any atom is -0.465 e. The molecule has 0 unspecified atom stereocenters. The van der Waals surface area contributed by atoms with Gasteiger partial charge in [-0.3, -0.25) is 0 Å². The third-order valence-corrected chi connectivity index (χ3v) is 3.53. The van der Waals surface area contributed by atoms with Crippen LogP contribution in [0.2, 0.25) is 0 Å². The molecule has 0 saturated heterocycles. The Labute approximate surface area is 150 Å². The number of allylic oxidation sites excluding steroid dienone is 2. The standard InChI is InChI=1S/C20H16O6/c1-23-20(22)15-7-3-4-8-16(15)26-19(21)9-5-2-6-14-10-11-17-18(12-14)25-13-24-17/h2-12H,13H2,1H3. The van der Waals surface area contributed by atoms with E-state index in [0.717, 1.165) is 5.56 Å². The molecule has 6 heteroatoms. The van der Waals surface area contributed by atoms with Gasteiger partial charge in [0, 0.05) is 6.08 Å². The van der Waals surface area contributed by atoms with Crippen molar-refractivity contribution in [2.45, 2.75) is 0 Å². The van der Waals surface area contributed by atoms with Crippen molar-refractivity contribution in [3.05, 3.63) is 71.8 Å². The molecule has 26 heavy (non-hydrogen) atoms. The number of carbonyl (C=O) groups is 2. The zero-order valence-electron chi connectivity index (χ0n) is 14.0. The van der Waals surface area contributed by atoms with E-state index in [1.807, 2.05) is 24.3 Å². The second-order valence-corrected chi connectivity index (χ2v) is 5.24. The lowest BCUT2D eigenvalue weighted by atomic mass is 10.2. The molecule has 2 aromatic rings. The Kier molecular flexibility index (Phi) is 5.34.